The molecule has 0 saturated carbocycles. The molecule has 2 saturated heterocycles. The summed E-state index contributed by atoms with van der Waals surface area (Å²) in [6.45, 7) is 8.03. The summed E-state index contributed by atoms with van der Waals surface area (Å²) >= 11 is 0. The van der Waals surface area contributed by atoms with Gasteiger partial charge in [-0.3, -0.25) is 4.79 Å². The molecule has 36 heavy (non-hydrogen) atoms. The van der Waals surface area contributed by atoms with E-state index in [2.05, 4.69) is 5.32 Å². The number of nitrogens with one attached hydrogen (secondary N) is 1. The number of morpholine rings is 1. The van der Waals surface area contributed by atoms with E-state index in [1.54, 1.807) is 19.1 Å². The monoisotopic (exact) mass is 535 g/mol. The third kappa shape index (κ3) is 5.65. The van der Waals surface area contributed by atoms with Crippen LogP contribution in [0, 0.1) is 18.8 Å². The average Bonchev–Trinajstić information content (AvgIpc) is 2.85. The predicted molar refractivity (Wildman–Crippen MR) is 137 cm³/mol. The zero-order chi connectivity index (χ0) is 26.1. The minimum absolute atomic E-state index is 0.133. The van der Waals surface area contributed by atoms with E-state index in [0.29, 0.717) is 49.4 Å². The van der Waals surface area contributed by atoms with Crippen LogP contribution in [0.1, 0.15) is 36.2 Å². The molecule has 2 aromatic rings. The molecule has 0 spiro atoms. The Morgan fingerprint density at radius 1 is 0.889 bits per heavy atom. The third-order valence-corrected chi connectivity index (χ3v) is 10.5. The van der Waals surface area contributed by atoms with Gasteiger partial charge in [-0.15, -0.1) is 0 Å². The van der Waals surface area contributed by atoms with Crippen LogP contribution in [0.15, 0.2) is 52.3 Å². The molecule has 2 aliphatic heterocycles. The van der Waals surface area contributed by atoms with Gasteiger partial charge in [0.15, 0.2) is 0 Å². The molecule has 0 aliphatic carbocycles. The molecule has 0 aromatic heterocycles. The predicted octanol–water partition coefficient (Wildman–Crippen LogP) is 2.93. The Bertz CT molecular complexity index is 1310. The summed E-state index contributed by atoms with van der Waals surface area (Å²) in [5, 5.41) is 2.73. The van der Waals surface area contributed by atoms with Crippen molar-refractivity contribution in [3.05, 3.63) is 53.6 Å². The Morgan fingerprint density at radius 2 is 1.50 bits per heavy atom. The summed E-state index contributed by atoms with van der Waals surface area (Å²) in [5.41, 5.74) is 1.19. The van der Waals surface area contributed by atoms with Crippen molar-refractivity contribution in [3.63, 3.8) is 0 Å². The first-order valence-electron chi connectivity index (χ1n) is 12.1. The molecule has 9 nitrogen and oxygen atoms in total. The van der Waals surface area contributed by atoms with Gasteiger partial charge in [-0.2, -0.15) is 8.61 Å². The van der Waals surface area contributed by atoms with Crippen LogP contribution < -0.4 is 5.32 Å². The van der Waals surface area contributed by atoms with E-state index in [9.17, 15) is 21.6 Å². The van der Waals surface area contributed by atoms with Gasteiger partial charge in [-0.05, 0) is 67.1 Å². The van der Waals surface area contributed by atoms with Crippen LogP contribution in [-0.2, 0) is 24.8 Å². The van der Waals surface area contributed by atoms with Crippen LogP contribution in [0.3, 0.4) is 0 Å². The van der Waals surface area contributed by atoms with E-state index in [1.807, 2.05) is 13.8 Å². The first kappa shape index (κ1) is 26.7. The summed E-state index contributed by atoms with van der Waals surface area (Å²) in [6, 6.07) is 10.6. The standard InChI is InChI=1S/C25H33N3O6S2/c1-18-14-19(2)17-28(16-18)35(30,31)23-8-5-21(6-9-23)25(29)26-22-7-4-20(3)24(15-22)36(32,33)27-10-12-34-13-11-27/h4-9,15,18-19H,10-14,16-17H2,1-3H3,(H,26,29)/t18-,19-/m0/s1. The fourth-order valence-corrected chi connectivity index (χ4v) is 8.15. The fraction of sp³-hybridized carbons (Fsp3) is 0.480. The van der Waals surface area contributed by atoms with Gasteiger partial charge in [0.1, 0.15) is 0 Å². The number of piperidine rings is 1. The number of hydrogen-bond acceptors (Lipinski definition) is 6. The molecule has 11 heteroatoms. The lowest BCUT2D eigenvalue weighted by atomic mass is 9.94. The normalized spacial score (nSPS) is 22.3. The van der Waals surface area contributed by atoms with E-state index >= 15 is 0 Å². The van der Waals surface area contributed by atoms with Crippen LogP contribution in [0.4, 0.5) is 5.69 Å². The maximum absolute atomic E-state index is 13.1. The molecule has 0 radical (unpaired) electrons. The molecule has 2 atom stereocenters. The minimum atomic E-state index is -3.73. The molecular weight excluding hydrogens is 502 g/mol. The highest BCUT2D eigenvalue weighted by atomic mass is 32.2. The van der Waals surface area contributed by atoms with Crippen molar-refractivity contribution in [2.24, 2.45) is 11.8 Å². The number of sulfonamides is 2. The number of hydrogen-bond donors (Lipinski definition) is 1. The second-order valence-electron chi connectivity index (χ2n) is 9.74. The zero-order valence-corrected chi connectivity index (χ0v) is 22.4. The number of amides is 1. The van der Waals surface area contributed by atoms with E-state index in [1.165, 1.54) is 38.9 Å². The largest absolute Gasteiger partial charge is 0.379 e. The Balaban J connectivity index is 1.50. The van der Waals surface area contributed by atoms with Gasteiger partial charge in [0.25, 0.3) is 5.91 Å². The van der Waals surface area contributed by atoms with Gasteiger partial charge in [-0.25, -0.2) is 16.8 Å². The van der Waals surface area contributed by atoms with Crippen molar-refractivity contribution in [2.75, 3.05) is 44.7 Å². The van der Waals surface area contributed by atoms with Crippen molar-refractivity contribution in [3.8, 4) is 0 Å². The number of rotatable bonds is 6. The number of nitrogens with zero attached hydrogens (tertiary/aromatic N) is 2. The highest BCUT2D eigenvalue weighted by Gasteiger charge is 2.32. The minimum Gasteiger partial charge on any atom is -0.379 e. The Morgan fingerprint density at radius 3 is 2.11 bits per heavy atom. The first-order valence-corrected chi connectivity index (χ1v) is 15.0. The molecule has 2 aliphatic rings. The molecule has 1 amide bonds. The summed E-state index contributed by atoms with van der Waals surface area (Å²) in [5.74, 6) is 0.123. The summed E-state index contributed by atoms with van der Waals surface area (Å²) in [4.78, 5) is 13.1. The lowest BCUT2D eigenvalue weighted by Gasteiger charge is -2.34. The van der Waals surface area contributed by atoms with Crippen molar-refractivity contribution < 1.29 is 26.4 Å². The molecule has 1 N–H and O–H groups in total. The molecule has 2 fully saturated rings. The third-order valence-electron chi connectivity index (χ3n) is 6.62. The summed E-state index contributed by atoms with van der Waals surface area (Å²) in [7, 11) is -7.37. The SMILES string of the molecule is Cc1ccc(NC(=O)c2ccc(S(=O)(=O)N3C[C@@H](C)C[C@H](C)C3)cc2)cc1S(=O)(=O)N1CCOCC1. The van der Waals surface area contributed by atoms with Crippen LogP contribution in [-0.4, -0.2) is 70.7 Å². The van der Waals surface area contributed by atoms with Gasteiger partial charge in [-0.1, -0.05) is 19.9 Å². The Hall–Kier alpha value is -2.31. The van der Waals surface area contributed by atoms with Gasteiger partial charge >= 0.3 is 0 Å². The van der Waals surface area contributed by atoms with Crippen LogP contribution in [0.5, 0.6) is 0 Å². The highest BCUT2D eigenvalue weighted by Crippen LogP contribution is 2.28. The van der Waals surface area contributed by atoms with Gasteiger partial charge < -0.3 is 10.1 Å². The Kier molecular flexibility index (Phi) is 7.86. The zero-order valence-electron chi connectivity index (χ0n) is 20.8. The van der Waals surface area contributed by atoms with Crippen LogP contribution >= 0.6 is 0 Å². The summed E-state index contributed by atoms with van der Waals surface area (Å²) in [6.07, 6.45) is 1.000. The van der Waals surface area contributed by atoms with E-state index in [4.69, 9.17) is 4.74 Å². The second kappa shape index (κ2) is 10.6. The molecule has 4 rings (SSSR count). The number of anilines is 1. The molecule has 0 bridgehead atoms. The number of carbonyl (C=O) groups excluding carboxylic acids is 1. The second-order valence-corrected chi connectivity index (χ2v) is 13.6. The van der Waals surface area contributed by atoms with E-state index < -0.39 is 26.0 Å². The Labute approximate surface area is 213 Å². The van der Waals surface area contributed by atoms with Gasteiger partial charge in [0.05, 0.1) is 23.0 Å². The van der Waals surface area contributed by atoms with Gasteiger partial charge in [0, 0.05) is 37.4 Å². The first-order chi connectivity index (χ1) is 17.0. The molecule has 2 heterocycles. The highest BCUT2D eigenvalue weighted by molar-refractivity contribution is 7.89. The maximum atomic E-state index is 13.1. The van der Waals surface area contributed by atoms with Crippen LogP contribution in [0.25, 0.3) is 0 Å². The maximum Gasteiger partial charge on any atom is 0.255 e. The van der Waals surface area contributed by atoms with Gasteiger partial charge in [0.2, 0.25) is 20.0 Å². The number of carbonyl (C=O) groups is 1. The molecule has 2 aromatic carbocycles. The lowest BCUT2D eigenvalue weighted by molar-refractivity contribution is 0.0730. The molecule has 0 unspecified atom stereocenters. The number of aryl methyl sites for hydroxylation is 1. The number of ether oxygens (including phenoxy) is 1. The topological polar surface area (TPSA) is 113 Å². The van der Waals surface area contributed by atoms with E-state index in [0.717, 1.165) is 6.42 Å². The quantitative estimate of drug-likeness (QED) is 0.609. The number of benzene rings is 2. The van der Waals surface area contributed by atoms with Crippen molar-refractivity contribution >= 4 is 31.6 Å². The van der Waals surface area contributed by atoms with Crippen molar-refractivity contribution in [1.82, 2.24) is 8.61 Å². The van der Waals surface area contributed by atoms with Crippen molar-refractivity contribution in [2.45, 2.75) is 37.0 Å². The fourth-order valence-electron chi connectivity index (χ4n) is 4.81. The van der Waals surface area contributed by atoms with E-state index in [-0.39, 0.29) is 28.4 Å². The lowest BCUT2D eigenvalue weighted by Crippen LogP contribution is -2.42. The molecule has 196 valence electrons. The average molecular weight is 536 g/mol. The van der Waals surface area contributed by atoms with Crippen LogP contribution in [0.2, 0.25) is 0 Å². The smallest absolute Gasteiger partial charge is 0.255 e. The summed E-state index contributed by atoms with van der Waals surface area (Å²) < 4.78 is 60.6. The van der Waals surface area contributed by atoms with Crippen molar-refractivity contribution in [1.29, 1.82) is 0 Å². The molecular formula is C25H33N3O6S2.